The third-order valence-electron chi connectivity index (χ3n) is 3.61. The van der Waals surface area contributed by atoms with Crippen molar-refractivity contribution < 1.29 is 24.8 Å². The average molecular weight is 279 g/mol. The Morgan fingerprint density at radius 2 is 1.95 bits per heavy atom. The number of ether oxygens (including phenoxy) is 2. The van der Waals surface area contributed by atoms with Gasteiger partial charge in [0.15, 0.2) is 5.88 Å². The quantitative estimate of drug-likeness (QED) is 0.634. The second-order valence-electron chi connectivity index (χ2n) is 4.99. The molecule has 108 valence electrons. The molecule has 20 heavy (non-hydrogen) atoms. The fourth-order valence-electron chi connectivity index (χ4n) is 2.37. The number of hydrogen-bond acceptors (Lipinski definition) is 5. The number of aryl methyl sites for hydroxylation is 1. The van der Waals surface area contributed by atoms with Gasteiger partial charge in [-0.3, -0.25) is 0 Å². The molecule has 2 aromatic rings. The van der Waals surface area contributed by atoms with Gasteiger partial charge in [0.1, 0.15) is 18.3 Å². The summed E-state index contributed by atoms with van der Waals surface area (Å²) in [5.74, 6) is 0.485. The van der Waals surface area contributed by atoms with Crippen LogP contribution in [0.3, 0.4) is 0 Å². The van der Waals surface area contributed by atoms with Gasteiger partial charge < -0.3 is 29.8 Å². The minimum atomic E-state index is -1.30. The highest BCUT2D eigenvalue weighted by Crippen LogP contribution is 2.29. The Balaban J connectivity index is 1.84. The molecule has 1 fully saturated rings. The minimum Gasteiger partial charge on any atom is -0.447 e. The number of rotatable bonds is 2. The van der Waals surface area contributed by atoms with Crippen LogP contribution in [-0.2, 0) is 4.74 Å². The molecule has 6 heteroatoms. The lowest BCUT2D eigenvalue weighted by molar-refractivity contribution is -0.242. The number of aliphatic hydroxyl groups is 3. The molecule has 1 aromatic carbocycles. The molecule has 0 spiro atoms. The van der Waals surface area contributed by atoms with Gasteiger partial charge in [0, 0.05) is 16.5 Å². The first-order valence-corrected chi connectivity index (χ1v) is 6.47. The number of nitrogens with one attached hydrogen (secondary N) is 1. The van der Waals surface area contributed by atoms with Crippen LogP contribution in [0.25, 0.3) is 10.9 Å². The van der Waals surface area contributed by atoms with Crippen LogP contribution in [0.2, 0.25) is 0 Å². The Kier molecular flexibility index (Phi) is 3.39. The zero-order valence-electron chi connectivity index (χ0n) is 11.0. The van der Waals surface area contributed by atoms with E-state index in [1.807, 2.05) is 31.2 Å². The fraction of sp³-hybridized carbons (Fsp3) is 0.429. The second kappa shape index (κ2) is 5.06. The predicted molar refractivity (Wildman–Crippen MR) is 71.4 cm³/mol. The maximum absolute atomic E-state index is 9.86. The lowest BCUT2D eigenvalue weighted by atomic mass is 10.1. The van der Waals surface area contributed by atoms with Crippen molar-refractivity contribution in [2.45, 2.75) is 31.5 Å². The number of aromatic nitrogens is 1. The molecule has 6 nitrogen and oxygen atoms in total. The van der Waals surface area contributed by atoms with Crippen molar-refractivity contribution in [1.82, 2.24) is 4.98 Å². The summed E-state index contributed by atoms with van der Waals surface area (Å²) in [5, 5.41) is 29.9. The highest BCUT2D eigenvalue weighted by Gasteiger charge is 2.39. The first-order valence-electron chi connectivity index (χ1n) is 6.47. The summed E-state index contributed by atoms with van der Waals surface area (Å²) in [6.45, 7) is 1.82. The monoisotopic (exact) mass is 279 g/mol. The van der Waals surface area contributed by atoms with Gasteiger partial charge >= 0.3 is 0 Å². The zero-order chi connectivity index (χ0) is 14.3. The first-order chi connectivity index (χ1) is 9.58. The Hall–Kier alpha value is -1.60. The molecule has 0 bridgehead atoms. The van der Waals surface area contributed by atoms with Crippen molar-refractivity contribution in [2.24, 2.45) is 0 Å². The van der Waals surface area contributed by atoms with Crippen LogP contribution in [-0.4, -0.2) is 51.5 Å². The average Bonchev–Trinajstić information content (AvgIpc) is 2.77. The number of aliphatic hydroxyl groups excluding tert-OH is 3. The van der Waals surface area contributed by atoms with Gasteiger partial charge in [0.05, 0.1) is 6.61 Å². The highest BCUT2D eigenvalue weighted by atomic mass is 16.7. The van der Waals surface area contributed by atoms with E-state index >= 15 is 0 Å². The highest BCUT2D eigenvalue weighted by molar-refractivity contribution is 5.85. The van der Waals surface area contributed by atoms with Gasteiger partial charge in [-0.2, -0.15) is 0 Å². The maximum Gasteiger partial charge on any atom is 0.230 e. The van der Waals surface area contributed by atoms with Crippen molar-refractivity contribution in [3.63, 3.8) is 0 Å². The van der Waals surface area contributed by atoms with Gasteiger partial charge in [0.25, 0.3) is 0 Å². The van der Waals surface area contributed by atoms with Crippen molar-refractivity contribution in [3.8, 4) is 5.88 Å². The van der Waals surface area contributed by atoms with Crippen LogP contribution in [0.1, 0.15) is 5.56 Å². The molecule has 0 amide bonds. The van der Waals surface area contributed by atoms with E-state index in [1.54, 1.807) is 0 Å². The molecule has 4 atom stereocenters. The van der Waals surface area contributed by atoms with Crippen molar-refractivity contribution in [2.75, 3.05) is 6.61 Å². The molecule has 1 aliphatic heterocycles. The molecule has 3 rings (SSSR count). The SMILES string of the molecule is Cc1c(O[C@@H]2OC[C@H](O)[C@H](O)[C@H]2O)[nH]c2ccccc12. The van der Waals surface area contributed by atoms with E-state index in [2.05, 4.69) is 4.98 Å². The van der Waals surface area contributed by atoms with Crippen LogP contribution >= 0.6 is 0 Å². The van der Waals surface area contributed by atoms with E-state index in [-0.39, 0.29) is 6.61 Å². The molecule has 0 unspecified atom stereocenters. The Bertz CT molecular complexity index is 611. The molecule has 0 radical (unpaired) electrons. The maximum atomic E-state index is 9.86. The minimum absolute atomic E-state index is 0.0812. The normalized spacial score (nSPS) is 30.6. The molecule has 2 heterocycles. The van der Waals surface area contributed by atoms with Crippen molar-refractivity contribution in [3.05, 3.63) is 29.8 Å². The van der Waals surface area contributed by atoms with Crippen molar-refractivity contribution in [1.29, 1.82) is 0 Å². The van der Waals surface area contributed by atoms with E-state index < -0.39 is 24.6 Å². The first kappa shape index (κ1) is 13.4. The zero-order valence-corrected chi connectivity index (χ0v) is 11.0. The van der Waals surface area contributed by atoms with Crippen LogP contribution < -0.4 is 4.74 Å². The van der Waals surface area contributed by atoms with Gasteiger partial charge in [0.2, 0.25) is 6.29 Å². The summed E-state index contributed by atoms with van der Waals surface area (Å²) in [5.41, 5.74) is 1.82. The Morgan fingerprint density at radius 1 is 1.20 bits per heavy atom. The van der Waals surface area contributed by atoms with Gasteiger partial charge in [-0.15, -0.1) is 0 Å². The molecule has 1 aliphatic rings. The molecule has 1 aromatic heterocycles. The third-order valence-corrected chi connectivity index (χ3v) is 3.61. The summed E-state index contributed by atoms with van der Waals surface area (Å²) in [7, 11) is 0. The van der Waals surface area contributed by atoms with Gasteiger partial charge in [-0.1, -0.05) is 18.2 Å². The number of hydrogen-bond donors (Lipinski definition) is 4. The van der Waals surface area contributed by atoms with Crippen LogP contribution in [0.5, 0.6) is 5.88 Å². The van der Waals surface area contributed by atoms with Gasteiger partial charge in [-0.25, -0.2) is 0 Å². The molecular formula is C14H17NO5. The summed E-state index contributed by atoms with van der Waals surface area (Å²) in [6, 6.07) is 7.73. The topological polar surface area (TPSA) is 94.9 Å². The number of para-hydroxylation sites is 1. The standard InChI is InChI=1S/C14H17NO5/c1-7-8-4-2-3-5-9(8)15-13(7)20-14-12(18)11(17)10(16)6-19-14/h2-5,10-12,14-18H,6H2,1H3/t10-,11-,12+,14-/m0/s1. The Labute approximate surface area is 115 Å². The molecule has 0 saturated carbocycles. The fourth-order valence-corrected chi connectivity index (χ4v) is 2.37. The third kappa shape index (κ3) is 2.16. The van der Waals surface area contributed by atoms with Crippen LogP contribution in [0.15, 0.2) is 24.3 Å². The van der Waals surface area contributed by atoms with E-state index in [9.17, 15) is 15.3 Å². The summed E-state index contributed by atoms with van der Waals surface area (Å²) >= 11 is 0. The number of fused-ring (bicyclic) bond motifs is 1. The molecule has 1 saturated heterocycles. The predicted octanol–water partition coefficient (Wildman–Crippen LogP) is 0.294. The Morgan fingerprint density at radius 3 is 2.70 bits per heavy atom. The number of benzene rings is 1. The van der Waals surface area contributed by atoms with E-state index in [0.717, 1.165) is 16.5 Å². The lowest BCUT2D eigenvalue weighted by Gasteiger charge is -2.34. The molecule has 4 N–H and O–H groups in total. The number of H-pyrrole nitrogens is 1. The molecular weight excluding hydrogens is 262 g/mol. The smallest absolute Gasteiger partial charge is 0.230 e. The van der Waals surface area contributed by atoms with Crippen molar-refractivity contribution >= 4 is 10.9 Å². The summed E-state index contributed by atoms with van der Waals surface area (Å²) < 4.78 is 10.8. The largest absolute Gasteiger partial charge is 0.447 e. The van der Waals surface area contributed by atoms with E-state index in [1.165, 1.54) is 0 Å². The summed E-state index contributed by atoms with van der Waals surface area (Å²) in [6.07, 6.45) is -4.70. The second-order valence-corrected chi connectivity index (χ2v) is 4.99. The van der Waals surface area contributed by atoms with E-state index in [0.29, 0.717) is 5.88 Å². The molecule has 0 aliphatic carbocycles. The van der Waals surface area contributed by atoms with E-state index in [4.69, 9.17) is 9.47 Å². The van der Waals surface area contributed by atoms with Crippen LogP contribution in [0.4, 0.5) is 0 Å². The summed E-state index contributed by atoms with van der Waals surface area (Å²) in [4.78, 5) is 3.10. The van der Waals surface area contributed by atoms with Crippen LogP contribution in [0, 0.1) is 6.92 Å². The lowest BCUT2D eigenvalue weighted by Crippen LogP contribution is -2.54. The van der Waals surface area contributed by atoms with Gasteiger partial charge in [-0.05, 0) is 13.0 Å². The number of aromatic amines is 1.